The summed E-state index contributed by atoms with van der Waals surface area (Å²) in [7, 11) is 0. The molecule has 1 saturated heterocycles. The minimum Gasteiger partial charge on any atom is -0.335 e. The Balaban J connectivity index is 2.07. The molecule has 0 aliphatic carbocycles. The van der Waals surface area contributed by atoms with Gasteiger partial charge >= 0.3 is 0 Å². The van der Waals surface area contributed by atoms with Gasteiger partial charge < -0.3 is 4.90 Å². The van der Waals surface area contributed by atoms with E-state index in [1.807, 2.05) is 0 Å². The first-order chi connectivity index (χ1) is 7.16. The van der Waals surface area contributed by atoms with Crippen LogP contribution in [-0.4, -0.2) is 35.1 Å². The van der Waals surface area contributed by atoms with Gasteiger partial charge in [0.15, 0.2) is 3.92 Å². The van der Waals surface area contributed by atoms with Crippen molar-refractivity contribution in [3.8, 4) is 0 Å². The fraction of sp³-hybridized carbons (Fsp3) is 0.556. The maximum Gasteiger partial charge on any atom is 0.265 e. The molecule has 1 aromatic heterocycles. The van der Waals surface area contributed by atoms with E-state index in [9.17, 15) is 9.18 Å². The number of hydrogen-bond acceptors (Lipinski definition) is 3. The van der Waals surface area contributed by atoms with Crippen LogP contribution in [0.3, 0.4) is 0 Å². The minimum atomic E-state index is -0.876. The van der Waals surface area contributed by atoms with E-state index in [0.29, 0.717) is 21.8 Å². The number of rotatable bonds is 1. The Morgan fingerprint density at radius 3 is 3.13 bits per heavy atom. The molecule has 0 bridgehead atoms. The number of amides is 1. The SMILES string of the molecule is O=C(c1cnc(Br)s1)N1CCCC(F)C1. The smallest absolute Gasteiger partial charge is 0.265 e. The molecule has 15 heavy (non-hydrogen) atoms. The molecule has 0 radical (unpaired) electrons. The lowest BCUT2D eigenvalue weighted by Gasteiger charge is -2.28. The van der Waals surface area contributed by atoms with E-state index in [1.165, 1.54) is 17.5 Å². The summed E-state index contributed by atoms with van der Waals surface area (Å²) in [6.07, 6.45) is 1.96. The summed E-state index contributed by atoms with van der Waals surface area (Å²) >= 11 is 4.48. The average molecular weight is 293 g/mol. The average Bonchev–Trinajstić information content (AvgIpc) is 2.64. The van der Waals surface area contributed by atoms with Crippen molar-refractivity contribution in [3.63, 3.8) is 0 Å². The summed E-state index contributed by atoms with van der Waals surface area (Å²) in [5.41, 5.74) is 0. The molecule has 3 nitrogen and oxygen atoms in total. The second-order valence-electron chi connectivity index (χ2n) is 3.47. The van der Waals surface area contributed by atoms with Crippen LogP contribution in [0.25, 0.3) is 0 Å². The Labute approximate surface area is 99.4 Å². The highest BCUT2D eigenvalue weighted by Gasteiger charge is 2.25. The lowest BCUT2D eigenvalue weighted by atomic mass is 10.1. The fourth-order valence-electron chi connectivity index (χ4n) is 1.62. The second kappa shape index (κ2) is 4.57. The van der Waals surface area contributed by atoms with Gasteiger partial charge in [-0.2, -0.15) is 0 Å². The van der Waals surface area contributed by atoms with Crippen molar-refractivity contribution in [2.45, 2.75) is 19.0 Å². The first kappa shape index (κ1) is 11.0. The van der Waals surface area contributed by atoms with Crippen LogP contribution in [0, 0.1) is 0 Å². The van der Waals surface area contributed by atoms with E-state index < -0.39 is 6.17 Å². The van der Waals surface area contributed by atoms with Gasteiger partial charge in [0.05, 0.1) is 12.7 Å². The summed E-state index contributed by atoms with van der Waals surface area (Å²) in [6.45, 7) is 0.864. The Morgan fingerprint density at radius 2 is 2.53 bits per heavy atom. The maximum atomic E-state index is 13.1. The zero-order valence-electron chi connectivity index (χ0n) is 7.95. The molecule has 1 aromatic rings. The van der Waals surface area contributed by atoms with E-state index in [4.69, 9.17) is 0 Å². The van der Waals surface area contributed by atoms with Crippen LogP contribution in [-0.2, 0) is 0 Å². The zero-order valence-corrected chi connectivity index (χ0v) is 10.4. The first-order valence-corrected chi connectivity index (χ1v) is 6.32. The molecule has 1 aliphatic rings. The van der Waals surface area contributed by atoms with Gasteiger partial charge in [0.1, 0.15) is 11.0 Å². The molecular weight excluding hydrogens is 283 g/mol. The molecule has 6 heteroatoms. The van der Waals surface area contributed by atoms with E-state index in [2.05, 4.69) is 20.9 Å². The predicted molar refractivity (Wildman–Crippen MR) is 59.8 cm³/mol. The predicted octanol–water partition coefficient (Wildman–Crippen LogP) is 2.48. The Kier molecular flexibility index (Phi) is 3.35. The lowest BCUT2D eigenvalue weighted by Crippen LogP contribution is -2.40. The van der Waals surface area contributed by atoms with Crippen LogP contribution in [0.15, 0.2) is 10.1 Å². The van der Waals surface area contributed by atoms with Crippen LogP contribution < -0.4 is 0 Å². The van der Waals surface area contributed by atoms with Gasteiger partial charge in [0.25, 0.3) is 5.91 Å². The summed E-state index contributed by atoms with van der Waals surface area (Å²) in [6, 6.07) is 0. The molecule has 0 N–H and O–H groups in total. The van der Waals surface area contributed by atoms with Gasteiger partial charge in [-0.25, -0.2) is 9.37 Å². The van der Waals surface area contributed by atoms with E-state index in [-0.39, 0.29) is 12.5 Å². The van der Waals surface area contributed by atoms with Crippen molar-refractivity contribution >= 4 is 33.2 Å². The fourth-order valence-corrected chi connectivity index (χ4v) is 2.85. The Hall–Kier alpha value is -0.490. The maximum absolute atomic E-state index is 13.1. The summed E-state index contributed by atoms with van der Waals surface area (Å²) in [4.78, 5) is 17.9. The van der Waals surface area contributed by atoms with Crippen molar-refractivity contribution in [1.82, 2.24) is 9.88 Å². The molecule has 82 valence electrons. The van der Waals surface area contributed by atoms with Crippen LogP contribution >= 0.6 is 27.3 Å². The highest BCUT2D eigenvalue weighted by Crippen LogP contribution is 2.22. The number of thiazole rings is 1. The molecule has 1 aliphatic heterocycles. The molecule has 2 rings (SSSR count). The number of aromatic nitrogens is 1. The Morgan fingerprint density at radius 1 is 1.73 bits per heavy atom. The van der Waals surface area contributed by atoms with Gasteiger partial charge in [-0.1, -0.05) is 0 Å². The molecule has 0 saturated carbocycles. The second-order valence-corrected chi connectivity index (χ2v) is 5.77. The highest BCUT2D eigenvalue weighted by atomic mass is 79.9. The lowest BCUT2D eigenvalue weighted by molar-refractivity contribution is 0.0640. The standard InChI is InChI=1S/C9H10BrFN2OS/c10-9-12-4-7(15-9)8(14)13-3-1-2-6(11)5-13/h4,6H,1-3,5H2. The van der Waals surface area contributed by atoms with Crippen molar-refractivity contribution in [2.24, 2.45) is 0 Å². The third-order valence-electron chi connectivity index (χ3n) is 2.34. The number of piperidine rings is 1. The monoisotopic (exact) mass is 292 g/mol. The van der Waals surface area contributed by atoms with Gasteiger partial charge in [-0.15, -0.1) is 11.3 Å². The number of likely N-dealkylation sites (tertiary alicyclic amines) is 1. The number of hydrogen-bond donors (Lipinski definition) is 0. The molecule has 1 amide bonds. The number of halogens is 2. The van der Waals surface area contributed by atoms with Crippen LogP contribution in [0.2, 0.25) is 0 Å². The van der Waals surface area contributed by atoms with Crippen LogP contribution in [0.4, 0.5) is 4.39 Å². The highest BCUT2D eigenvalue weighted by molar-refractivity contribution is 9.11. The Bertz CT molecular complexity index is 371. The van der Waals surface area contributed by atoms with Crippen LogP contribution in [0.5, 0.6) is 0 Å². The zero-order chi connectivity index (χ0) is 10.8. The summed E-state index contributed by atoms with van der Waals surface area (Å²) in [5.74, 6) is -0.111. The summed E-state index contributed by atoms with van der Waals surface area (Å²) < 4.78 is 13.8. The van der Waals surface area contributed by atoms with Gasteiger partial charge in [-0.3, -0.25) is 4.79 Å². The van der Waals surface area contributed by atoms with Crippen molar-refractivity contribution in [2.75, 3.05) is 13.1 Å². The molecule has 1 fully saturated rings. The minimum absolute atomic E-state index is 0.111. The van der Waals surface area contributed by atoms with Crippen LogP contribution in [0.1, 0.15) is 22.5 Å². The van der Waals surface area contributed by atoms with Gasteiger partial charge in [0, 0.05) is 6.54 Å². The van der Waals surface area contributed by atoms with E-state index in [1.54, 1.807) is 4.90 Å². The molecule has 0 aromatic carbocycles. The van der Waals surface area contributed by atoms with Gasteiger partial charge in [-0.05, 0) is 28.8 Å². The quantitative estimate of drug-likeness (QED) is 0.797. The van der Waals surface area contributed by atoms with E-state index in [0.717, 1.165) is 6.42 Å². The number of carbonyl (C=O) groups is 1. The third-order valence-corrected chi connectivity index (χ3v) is 3.80. The third kappa shape index (κ3) is 2.55. The number of nitrogens with zero attached hydrogens (tertiary/aromatic N) is 2. The molecule has 1 atom stereocenters. The van der Waals surface area contributed by atoms with Crippen molar-refractivity contribution < 1.29 is 9.18 Å². The molecule has 0 spiro atoms. The van der Waals surface area contributed by atoms with Crippen molar-refractivity contribution in [1.29, 1.82) is 0 Å². The van der Waals surface area contributed by atoms with Crippen molar-refractivity contribution in [3.05, 3.63) is 15.0 Å². The number of carbonyl (C=O) groups excluding carboxylic acids is 1. The summed E-state index contributed by atoms with van der Waals surface area (Å²) in [5, 5.41) is 0. The van der Waals surface area contributed by atoms with E-state index >= 15 is 0 Å². The van der Waals surface area contributed by atoms with Gasteiger partial charge in [0.2, 0.25) is 0 Å². The molecule has 2 heterocycles. The topological polar surface area (TPSA) is 33.2 Å². The largest absolute Gasteiger partial charge is 0.335 e. The normalized spacial score (nSPS) is 21.7. The first-order valence-electron chi connectivity index (χ1n) is 4.71. The molecule has 1 unspecified atom stereocenters. The molecular formula is C9H10BrFN2OS. The number of alkyl halides is 1.